The molecule has 1 fully saturated rings. The summed E-state index contributed by atoms with van der Waals surface area (Å²) in [6.07, 6.45) is -0.452. The Morgan fingerprint density at radius 2 is 2.33 bits per heavy atom. The van der Waals surface area contributed by atoms with E-state index in [1.165, 1.54) is 4.90 Å². The van der Waals surface area contributed by atoms with Crippen LogP contribution < -0.4 is 5.32 Å². The molecule has 5 nitrogen and oxygen atoms in total. The van der Waals surface area contributed by atoms with Gasteiger partial charge in [-0.3, -0.25) is 9.69 Å². The number of anilines is 1. The molecule has 2 rings (SSSR count). The lowest BCUT2D eigenvalue weighted by molar-refractivity contribution is -0.116. The zero-order chi connectivity index (χ0) is 13.1. The fraction of sp³-hybridized carbons (Fsp3) is 0.333. The summed E-state index contributed by atoms with van der Waals surface area (Å²) in [6, 6.07) is 5.26. The zero-order valence-electron chi connectivity index (χ0n) is 9.90. The van der Waals surface area contributed by atoms with Crippen molar-refractivity contribution in [3.63, 3.8) is 0 Å². The van der Waals surface area contributed by atoms with Gasteiger partial charge in [0, 0.05) is 10.7 Å². The standard InChI is InChI=1S/C12H13ClN2O3/c1-8-2-3-9(6-10(8)13)14-11(16)7-15-4-5-18-12(15)17/h2-3,6H,4-5,7H2,1H3,(H,14,16). The fourth-order valence-electron chi connectivity index (χ4n) is 1.61. The number of hydrogen-bond acceptors (Lipinski definition) is 3. The van der Waals surface area contributed by atoms with Crippen LogP contribution in [0.5, 0.6) is 0 Å². The average molecular weight is 269 g/mol. The van der Waals surface area contributed by atoms with Crippen molar-refractivity contribution in [1.82, 2.24) is 4.90 Å². The number of amides is 2. The maximum atomic E-state index is 11.7. The van der Waals surface area contributed by atoms with E-state index in [1.54, 1.807) is 12.1 Å². The van der Waals surface area contributed by atoms with Gasteiger partial charge in [0.25, 0.3) is 0 Å². The molecule has 2 amide bonds. The number of nitrogens with zero attached hydrogens (tertiary/aromatic N) is 1. The van der Waals surface area contributed by atoms with Gasteiger partial charge in [0.2, 0.25) is 5.91 Å². The Morgan fingerprint density at radius 1 is 1.56 bits per heavy atom. The van der Waals surface area contributed by atoms with Crippen molar-refractivity contribution >= 4 is 29.3 Å². The molecule has 1 heterocycles. The van der Waals surface area contributed by atoms with Crippen molar-refractivity contribution in [3.05, 3.63) is 28.8 Å². The van der Waals surface area contributed by atoms with Crippen molar-refractivity contribution < 1.29 is 14.3 Å². The lowest BCUT2D eigenvalue weighted by Crippen LogP contribution is -2.33. The quantitative estimate of drug-likeness (QED) is 0.913. The van der Waals surface area contributed by atoms with E-state index in [-0.39, 0.29) is 12.5 Å². The van der Waals surface area contributed by atoms with E-state index in [0.717, 1.165) is 5.56 Å². The number of nitrogens with one attached hydrogen (secondary N) is 1. The minimum Gasteiger partial charge on any atom is -0.448 e. The molecule has 1 saturated heterocycles. The predicted molar refractivity (Wildman–Crippen MR) is 67.7 cm³/mol. The summed E-state index contributed by atoms with van der Waals surface area (Å²) in [5.74, 6) is -0.270. The number of aryl methyl sites for hydroxylation is 1. The van der Waals surface area contributed by atoms with Crippen molar-refractivity contribution in [1.29, 1.82) is 0 Å². The van der Waals surface area contributed by atoms with Crippen LogP contribution in [0.15, 0.2) is 18.2 Å². The first-order chi connectivity index (χ1) is 8.56. The van der Waals surface area contributed by atoms with Crippen LogP contribution in [0, 0.1) is 6.92 Å². The summed E-state index contributed by atoms with van der Waals surface area (Å²) in [6.45, 7) is 2.65. The third-order valence-corrected chi connectivity index (χ3v) is 3.04. The van der Waals surface area contributed by atoms with Gasteiger partial charge in [-0.25, -0.2) is 4.79 Å². The Morgan fingerprint density at radius 3 is 2.94 bits per heavy atom. The molecule has 96 valence electrons. The van der Waals surface area contributed by atoms with Crippen molar-refractivity contribution in [3.8, 4) is 0 Å². The molecule has 18 heavy (non-hydrogen) atoms. The molecule has 0 aliphatic carbocycles. The molecule has 0 saturated carbocycles. The highest BCUT2D eigenvalue weighted by Gasteiger charge is 2.23. The largest absolute Gasteiger partial charge is 0.448 e. The minimum atomic E-state index is -0.452. The second kappa shape index (κ2) is 5.27. The van der Waals surface area contributed by atoms with Crippen LogP contribution in [0.4, 0.5) is 10.5 Å². The number of benzene rings is 1. The lowest BCUT2D eigenvalue weighted by atomic mass is 10.2. The smallest absolute Gasteiger partial charge is 0.410 e. The van der Waals surface area contributed by atoms with Crippen LogP contribution in [0.1, 0.15) is 5.56 Å². The molecule has 0 spiro atoms. The minimum absolute atomic E-state index is 0.00959. The summed E-state index contributed by atoms with van der Waals surface area (Å²) in [4.78, 5) is 24.2. The monoisotopic (exact) mass is 268 g/mol. The molecule has 0 atom stereocenters. The molecule has 1 aromatic carbocycles. The number of carbonyl (C=O) groups is 2. The van der Waals surface area contributed by atoms with Gasteiger partial charge < -0.3 is 10.1 Å². The Balaban J connectivity index is 1.94. The molecule has 0 aromatic heterocycles. The molecule has 1 aromatic rings. The van der Waals surface area contributed by atoms with Gasteiger partial charge in [-0.2, -0.15) is 0 Å². The number of rotatable bonds is 3. The molecule has 0 unspecified atom stereocenters. The van der Waals surface area contributed by atoms with Crippen molar-refractivity contribution in [2.75, 3.05) is 25.0 Å². The van der Waals surface area contributed by atoms with Gasteiger partial charge in [0.15, 0.2) is 0 Å². The molecule has 1 N–H and O–H groups in total. The van der Waals surface area contributed by atoms with Crippen LogP contribution in [0.3, 0.4) is 0 Å². The summed E-state index contributed by atoms with van der Waals surface area (Å²) < 4.78 is 4.74. The summed E-state index contributed by atoms with van der Waals surface area (Å²) in [5.41, 5.74) is 1.56. The van der Waals surface area contributed by atoms with Gasteiger partial charge in [0.1, 0.15) is 13.2 Å². The van der Waals surface area contributed by atoms with Gasteiger partial charge in [-0.15, -0.1) is 0 Å². The summed E-state index contributed by atoms with van der Waals surface area (Å²) >= 11 is 5.95. The number of cyclic esters (lactones) is 1. The SMILES string of the molecule is Cc1ccc(NC(=O)CN2CCOC2=O)cc1Cl. The molecule has 0 bridgehead atoms. The normalized spacial score (nSPS) is 14.6. The topological polar surface area (TPSA) is 58.6 Å². The summed E-state index contributed by atoms with van der Waals surface area (Å²) in [7, 11) is 0. The zero-order valence-corrected chi connectivity index (χ0v) is 10.7. The van der Waals surface area contributed by atoms with Crippen molar-refractivity contribution in [2.45, 2.75) is 6.92 Å². The molecular formula is C12H13ClN2O3. The van der Waals surface area contributed by atoms with Crippen LogP contribution in [-0.2, 0) is 9.53 Å². The first kappa shape index (κ1) is 12.7. The number of hydrogen-bond donors (Lipinski definition) is 1. The number of halogens is 1. The highest BCUT2D eigenvalue weighted by Crippen LogP contribution is 2.19. The second-order valence-electron chi connectivity index (χ2n) is 4.05. The van der Waals surface area contributed by atoms with E-state index >= 15 is 0 Å². The van der Waals surface area contributed by atoms with Crippen LogP contribution in [-0.4, -0.2) is 36.6 Å². The molecule has 6 heteroatoms. The maximum Gasteiger partial charge on any atom is 0.410 e. The van der Waals surface area contributed by atoms with Gasteiger partial charge in [-0.1, -0.05) is 17.7 Å². The summed E-state index contributed by atoms with van der Waals surface area (Å²) in [5, 5.41) is 3.28. The highest BCUT2D eigenvalue weighted by atomic mass is 35.5. The van der Waals surface area contributed by atoms with Crippen LogP contribution in [0.25, 0.3) is 0 Å². The van der Waals surface area contributed by atoms with Gasteiger partial charge >= 0.3 is 6.09 Å². The highest BCUT2D eigenvalue weighted by molar-refractivity contribution is 6.31. The van der Waals surface area contributed by atoms with E-state index in [0.29, 0.717) is 23.9 Å². The molecular weight excluding hydrogens is 256 g/mol. The van der Waals surface area contributed by atoms with Gasteiger partial charge in [0.05, 0.1) is 6.54 Å². The molecule has 1 aliphatic heterocycles. The van der Waals surface area contributed by atoms with E-state index in [2.05, 4.69) is 5.32 Å². The second-order valence-corrected chi connectivity index (χ2v) is 4.46. The van der Waals surface area contributed by atoms with Gasteiger partial charge in [-0.05, 0) is 24.6 Å². The predicted octanol–water partition coefficient (Wildman–Crippen LogP) is 2.04. The van der Waals surface area contributed by atoms with E-state index in [4.69, 9.17) is 16.3 Å². The van der Waals surface area contributed by atoms with E-state index < -0.39 is 6.09 Å². The first-order valence-electron chi connectivity index (χ1n) is 5.54. The van der Waals surface area contributed by atoms with E-state index in [1.807, 2.05) is 13.0 Å². The number of ether oxygens (including phenoxy) is 1. The Kier molecular flexibility index (Phi) is 3.72. The average Bonchev–Trinajstić information content (AvgIpc) is 2.70. The first-order valence-corrected chi connectivity index (χ1v) is 5.92. The third-order valence-electron chi connectivity index (χ3n) is 2.63. The Bertz CT molecular complexity index is 490. The third kappa shape index (κ3) is 2.92. The van der Waals surface area contributed by atoms with Crippen molar-refractivity contribution in [2.24, 2.45) is 0 Å². The number of carbonyl (C=O) groups excluding carboxylic acids is 2. The Labute approximate surface area is 110 Å². The van der Waals surface area contributed by atoms with Crippen LogP contribution >= 0.6 is 11.6 Å². The fourth-order valence-corrected chi connectivity index (χ4v) is 1.79. The lowest BCUT2D eigenvalue weighted by Gasteiger charge is -2.12. The molecule has 1 aliphatic rings. The van der Waals surface area contributed by atoms with Crippen LogP contribution in [0.2, 0.25) is 5.02 Å². The maximum absolute atomic E-state index is 11.7. The van der Waals surface area contributed by atoms with E-state index in [9.17, 15) is 9.59 Å². The molecule has 0 radical (unpaired) electrons. The Hall–Kier alpha value is -1.75.